The van der Waals surface area contributed by atoms with Crippen LogP contribution in [0.1, 0.15) is 0 Å². The van der Waals surface area contributed by atoms with E-state index < -0.39 is 18.5 Å². The average Bonchev–Trinajstić information content (AvgIpc) is 2.54. The molecule has 26 heavy (non-hydrogen) atoms. The lowest BCUT2D eigenvalue weighted by Crippen LogP contribution is -2.60. The number of hydrogen-bond acceptors (Lipinski definition) is 6. The van der Waals surface area contributed by atoms with Gasteiger partial charge < -0.3 is 26.0 Å². The van der Waals surface area contributed by atoms with Gasteiger partial charge in [-0.1, -0.05) is 34.8 Å². The van der Waals surface area contributed by atoms with Crippen LogP contribution in [0.3, 0.4) is 0 Å². The van der Waals surface area contributed by atoms with Crippen LogP contribution < -0.4 is 10.6 Å². The van der Waals surface area contributed by atoms with E-state index in [1.807, 2.05) is 0 Å². The molecule has 5 N–H and O–H groups in total. The zero-order valence-corrected chi connectivity index (χ0v) is 15.8. The molecular weight excluding hydrogens is 405 g/mol. The fourth-order valence-corrected chi connectivity index (χ4v) is 2.58. The summed E-state index contributed by atoms with van der Waals surface area (Å²) in [6.07, 6.45) is 0. The van der Waals surface area contributed by atoms with Gasteiger partial charge in [-0.15, -0.1) is 0 Å². The summed E-state index contributed by atoms with van der Waals surface area (Å²) in [5.41, 5.74) is 0.719. The van der Waals surface area contributed by atoms with Crippen molar-refractivity contribution < 1.29 is 20.1 Å². The third-order valence-electron chi connectivity index (χ3n) is 3.43. The fraction of sp³-hybridized carbons (Fsp3) is 0.188. The number of nitrogens with one attached hydrogen (secondary N) is 2. The third kappa shape index (κ3) is 5.06. The summed E-state index contributed by atoms with van der Waals surface area (Å²) in [6, 6.07) is 8.77. The number of halogens is 3. The highest BCUT2D eigenvalue weighted by Gasteiger charge is 2.34. The van der Waals surface area contributed by atoms with Crippen molar-refractivity contribution in [2.24, 2.45) is 0 Å². The maximum atomic E-state index is 11.1. The van der Waals surface area contributed by atoms with E-state index in [9.17, 15) is 15.0 Å². The average molecular weight is 421 g/mol. The van der Waals surface area contributed by atoms with Crippen LogP contribution in [0.4, 0.5) is 11.4 Å². The second-order valence-electron chi connectivity index (χ2n) is 5.47. The minimum Gasteiger partial charge on any atom is -0.506 e. The molecule has 0 aliphatic carbocycles. The van der Waals surface area contributed by atoms with Gasteiger partial charge in [-0.3, -0.25) is 4.79 Å². The van der Waals surface area contributed by atoms with Crippen molar-refractivity contribution in [3.05, 3.63) is 51.5 Å². The van der Waals surface area contributed by atoms with Crippen LogP contribution >= 0.6 is 34.8 Å². The Kier molecular flexibility index (Phi) is 6.44. The quantitative estimate of drug-likeness (QED) is 0.345. The molecule has 0 heterocycles. The number of hydrogen-bond donors (Lipinski definition) is 5. The van der Waals surface area contributed by atoms with Crippen LogP contribution in [0.2, 0.25) is 15.1 Å². The molecule has 0 saturated carbocycles. The Balaban J connectivity index is 2.35. The molecule has 2 rings (SSSR count). The number of aromatic hydroxyl groups is 1. The maximum Gasteiger partial charge on any atom is 0.317 e. The highest BCUT2D eigenvalue weighted by molar-refractivity contribution is 6.42. The first-order chi connectivity index (χ1) is 12.1. The Morgan fingerprint density at radius 1 is 1.04 bits per heavy atom. The minimum atomic E-state index is -2.02. The van der Waals surface area contributed by atoms with Gasteiger partial charge in [0.2, 0.25) is 0 Å². The number of carboxylic acids is 1. The summed E-state index contributed by atoms with van der Waals surface area (Å²) in [5.74, 6) is -3.29. The Hall–Kier alpha value is -1.90. The monoisotopic (exact) mass is 419 g/mol. The Morgan fingerprint density at radius 2 is 1.58 bits per heavy atom. The first-order valence-electron chi connectivity index (χ1n) is 7.26. The van der Waals surface area contributed by atoms with Crippen LogP contribution in [0.25, 0.3) is 0 Å². The summed E-state index contributed by atoms with van der Waals surface area (Å²) in [7, 11) is 1.40. The Morgan fingerprint density at radius 3 is 2.08 bits per heavy atom. The molecule has 2 aromatic rings. The van der Waals surface area contributed by atoms with Crippen LogP contribution in [-0.4, -0.2) is 45.8 Å². The standard InChI is InChI=1S/C16H16Cl3N3O4/c1-22(8-15(24)25)16(26,20-9-2-4-11(17)12(18)6-9)21-10-3-5-14(23)13(19)7-10/h2-7,20-21,23,26H,8H2,1H3,(H,24,25). The number of likely N-dealkylation sites (N-methyl/N-ethyl adjacent to an activating group) is 1. The number of carboxylic acid groups (broad SMARTS) is 1. The maximum absolute atomic E-state index is 11.1. The van der Waals surface area contributed by atoms with Crippen molar-refractivity contribution in [3.63, 3.8) is 0 Å². The number of aliphatic hydroxyl groups is 1. The largest absolute Gasteiger partial charge is 0.506 e. The lowest BCUT2D eigenvalue weighted by Gasteiger charge is -2.38. The lowest BCUT2D eigenvalue weighted by molar-refractivity contribution is -0.143. The number of aliphatic carboxylic acids is 1. The smallest absolute Gasteiger partial charge is 0.317 e. The highest BCUT2D eigenvalue weighted by Crippen LogP contribution is 2.30. The van der Waals surface area contributed by atoms with E-state index in [-0.39, 0.29) is 15.8 Å². The van der Waals surface area contributed by atoms with Gasteiger partial charge in [0.25, 0.3) is 5.97 Å². The van der Waals surface area contributed by atoms with Crippen LogP contribution in [0.15, 0.2) is 36.4 Å². The lowest BCUT2D eigenvalue weighted by atomic mass is 10.2. The summed E-state index contributed by atoms with van der Waals surface area (Å²) in [6.45, 7) is -0.483. The van der Waals surface area contributed by atoms with Gasteiger partial charge in [0.05, 0.1) is 15.1 Å². The second kappa shape index (κ2) is 8.20. The molecule has 1 unspecified atom stereocenters. The molecule has 0 fully saturated rings. The van der Waals surface area contributed by atoms with Gasteiger partial charge in [-0.25, -0.2) is 4.90 Å². The summed E-state index contributed by atoms with van der Waals surface area (Å²) in [5, 5.41) is 35.7. The summed E-state index contributed by atoms with van der Waals surface area (Å²) < 4.78 is 0. The van der Waals surface area contributed by atoms with E-state index in [2.05, 4.69) is 10.6 Å². The topological polar surface area (TPSA) is 105 Å². The fourth-order valence-electron chi connectivity index (χ4n) is 2.10. The van der Waals surface area contributed by atoms with Gasteiger partial charge in [0, 0.05) is 11.4 Å². The molecule has 1 atom stereocenters. The first-order valence-corrected chi connectivity index (χ1v) is 8.39. The van der Waals surface area contributed by atoms with E-state index in [1.54, 1.807) is 6.07 Å². The number of anilines is 2. The number of phenolic OH excluding ortho intramolecular Hbond substituents is 1. The number of phenols is 1. The Bertz CT molecular complexity index is 766. The molecule has 0 aliphatic heterocycles. The van der Waals surface area contributed by atoms with E-state index >= 15 is 0 Å². The number of carbonyl (C=O) groups is 1. The van der Waals surface area contributed by atoms with Crippen molar-refractivity contribution in [3.8, 4) is 5.75 Å². The van der Waals surface area contributed by atoms with Crippen molar-refractivity contribution in [2.75, 3.05) is 24.2 Å². The number of nitrogens with zero attached hydrogens (tertiary/aromatic N) is 1. The Labute approximate surface area is 164 Å². The third-order valence-corrected chi connectivity index (χ3v) is 4.47. The first kappa shape index (κ1) is 20.4. The molecule has 2 aromatic carbocycles. The molecule has 0 radical (unpaired) electrons. The number of rotatable bonds is 7. The van der Waals surface area contributed by atoms with Gasteiger partial charge in [-0.2, -0.15) is 0 Å². The zero-order valence-electron chi connectivity index (χ0n) is 13.5. The van der Waals surface area contributed by atoms with Gasteiger partial charge in [0.1, 0.15) is 12.3 Å². The predicted octanol–water partition coefficient (Wildman–Crippen LogP) is 3.50. The number of benzene rings is 2. The molecule has 0 spiro atoms. The molecule has 10 heteroatoms. The van der Waals surface area contributed by atoms with Crippen LogP contribution in [0.5, 0.6) is 5.75 Å². The van der Waals surface area contributed by atoms with Crippen molar-refractivity contribution in [2.45, 2.75) is 5.97 Å². The molecule has 0 aromatic heterocycles. The SMILES string of the molecule is CN(CC(=O)O)C(O)(Nc1ccc(O)c(Cl)c1)Nc1ccc(Cl)c(Cl)c1. The van der Waals surface area contributed by atoms with Crippen molar-refractivity contribution in [1.29, 1.82) is 0 Å². The molecule has 0 amide bonds. The zero-order chi connectivity index (χ0) is 19.5. The molecule has 0 bridgehead atoms. The van der Waals surface area contributed by atoms with E-state index in [0.29, 0.717) is 16.4 Å². The van der Waals surface area contributed by atoms with Crippen molar-refractivity contribution >= 4 is 52.1 Å². The van der Waals surface area contributed by atoms with Crippen LogP contribution in [0, 0.1) is 0 Å². The van der Waals surface area contributed by atoms with Gasteiger partial charge in [-0.05, 0) is 43.4 Å². The van der Waals surface area contributed by atoms with Crippen molar-refractivity contribution in [1.82, 2.24) is 4.90 Å². The second-order valence-corrected chi connectivity index (χ2v) is 6.69. The van der Waals surface area contributed by atoms with E-state index in [4.69, 9.17) is 39.9 Å². The highest BCUT2D eigenvalue weighted by atomic mass is 35.5. The van der Waals surface area contributed by atoms with Crippen LogP contribution in [-0.2, 0) is 4.79 Å². The predicted molar refractivity (Wildman–Crippen MR) is 102 cm³/mol. The summed E-state index contributed by atoms with van der Waals surface area (Å²) in [4.78, 5) is 12.2. The summed E-state index contributed by atoms with van der Waals surface area (Å²) >= 11 is 17.7. The van der Waals surface area contributed by atoms with E-state index in [1.165, 1.54) is 37.4 Å². The minimum absolute atomic E-state index is 0.0628. The molecular formula is C16H16Cl3N3O4. The van der Waals surface area contributed by atoms with E-state index in [0.717, 1.165) is 4.90 Å². The molecule has 0 saturated heterocycles. The molecule has 0 aliphatic rings. The molecule has 7 nitrogen and oxygen atoms in total. The normalized spacial score (nSPS) is 13.3. The molecule has 140 valence electrons. The van der Waals surface area contributed by atoms with Gasteiger partial charge in [0.15, 0.2) is 0 Å². The van der Waals surface area contributed by atoms with Gasteiger partial charge >= 0.3 is 5.97 Å².